The number of likely N-dealkylation sites (N-methyl/N-ethyl adjacent to an activating group) is 1. The van der Waals surface area contributed by atoms with Crippen LogP contribution in [-0.4, -0.2) is 53.4 Å². The van der Waals surface area contributed by atoms with Gasteiger partial charge in [-0.1, -0.05) is 0 Å². The lowest BCUT2D eigenvalue weighted by Gasteiger charge is -2.27. The van der Waals surface area contributed by atoms with Crippen LogP contribution in [0.4, 0.5) is 5.00 Å². The first kappa shape index (κ1) is 18.8. The van der Waals surface area contributed by atoms with Crippen molar-refractivity contribution in [2.45, 2.75) is 26.3 Å². The van der Waals surface area contributed by atoms with Crippen molar-refractivity contribution in [1.82, 2.24) is 9.80 Å². The topological polar surface area (TPSA) is 86.8 Å². The molecule has 1 N–H and O–H groups in total. The van der Waals surface area contributed by atoms with Crippen LogP contribution in [0, 0.1) is 0 Å². The predicted octanol–water partition coefficient (Wildman–Crippen LogP) is 2.16. The Bertz CT molecular complexity index is 1010. The highest BCUT2D eigenvalue weighted by atomic mass is 32.1. The number of amides is 3. The average Bonchev–Trinajstić information content (AvgIpc) is 3.21. The highest BCUT2D eigenvalue weighted by Gasteiger charge is 2.33. The van der Waals surface area contributed by atoms with Crippen LogP contribution in [0.15, 0.2) is 11.4 Å². The second kappa shape index (κ2) is 7.14. The van der Waals surface area contributed by atoms with E-state index in [2.05, 4.69) is 5.32 Å². The van der Waals surface area contributed by atoms with Gasteiger partial charge < -0.3 is 15.1 Å². The average molecular weight is 418 g/mol. The first-order chi connectivity index (χ1) is 13.3. The van der Waals surface area contributed by atoms with Crippen LogP contribution in [0.1, 0.15) is 43.0 Å². The van der Waals surface area contributed by atoms with Crippen LogP contribution < -0.4 is 5.32 Å². The van der Waals surface area contributed by atoms with Gasteiger partial charge in [0.1, 0.15) is 5.00 Å². The van der Waals surface area contributed by atoms with Gasteiger partial charge >= 0.3 is 0 Å². The van der Waals surface area contributed by atoms with Crippen molar-refractivity contribution in [3.05, 3.63) is 37.9 Å². The lowest BCUT2D eigenvalue weighted by Crippen LogP contribution is -2.37. The predicted molar refractivity (Wildman–Crippen MR) is 107 cm³/mol. The zero-order valence-electron chi connectivity index (χ0n) is 15.5. The Hall–Kier alpha value is -2.52. The Morgan fingerprint density at radius 2 is 2.04 bits per heavy atom. The van der Waals surface area contributed by atoms with E-state index in [1.807, 2.05) is 5.38 Å². The van der Waals surface area contributed by atoms with Gasteiger partial charge in [0.2, 0.25) is 11.8 Å². The summed E-state index contributed by atoms with van der Waals surface area (Å²) >= 11 is 2.74. The van der Waals surface area contributed by atoms with E-state index in [1.165, 1.54) is 34.5 Å². The van der Waals surface area contributed by atoms with E-state index in [9.17, 15) is 19.2 Å². The number of hydrogen-bond acceptors (Lipinski definition) is 6. The maximum atomic E-state index is 12.7. The molecule has 0 saturated heterocycles. The highest BCUT2D eigenvalue weighted by molar-refractivity contribution is 7.17. The van der Waals surface area contributed by atoms with Crippen LogP contribution in [0.5, 0.6) is 0 Å². The van der Waals surface area contributed by atoms with Gasteiger partial charge in [0.15, 0.2) is 5.78 Å². The van der Waals surface area contributed by atoms with E-state index in [4.69, 9.17) is 0 Å². The molecule has 4 heterocycles. The van der Waals surface area contributed by atoms with Crippen LogP contribution in [0.2, 0.25) is 0 Å². The zero-order valence-corrected chi connectivity index (χ0v) is 17.2. The molecule has 0 bridgehead atoms. The van der Waals surface area contributed by atoms with Crippen molar-refractivity contribution in [1.29, 1.82) is 0 Å². The summed E-state index contributed by atoms with van der Waals surface area (Å²) in [7, 11) is 1.62. The molecule has 0 saturated carbocycles. The maximum Gasteiger partial charge on any atom is 0.257 e. The quantitative estimate of drug-likeness (QED) is 0.776. The number of carbonyl (C=O) groups excluding carboxylic acids is 4. The molecule has 4 rings (SSSR count). The summed E-state index contributed by atoms with van der Waals surface area (Å²) in [5, 5.41) is 5.26. The fourth-order valence-corrected chi connectivity index (χ4v) is 5.60. The summed E-state index contributed by atoms with van der Waals surface area (Å²) in [6, 6.07) is 1.78. The standard InChI is InChI=1S/C19H19N3O4S2/c1-10(23)13-5-11(9-27-13)6-16(25)22-4-3-12-14(7-22)28-18-17(12)19(26)21(2)8-15(24)20-18/h5,9H,3-4,6-8H2,1-2H3,(H,20,24). The van der Waals surface area contributed by atoms with Gasteiger partial charge in [-0.3, -0.25) is 19.2 Å². The van der Waals surface area contributed by atoms with E-state index >= 15 is 0 Å². The fourth-order valence-electron chi connectivity index (χ4n) is 3.51. The molecule has 0 spiro atoms. The Morgan fingerprint density at radius 3 is 2.75 bits per heavy atom. The number of carbonyl (C=O) groups is 4. The Balaban J connectivity index is 1.53. The first-order valence-corrected chi connectivity index (χ1v) is 10.6. The number of fused-ring (bicyclic) bond motifs is 3. The molecule has 0 fully saturated rings. The number of hydrogen-bond donors (Lipinski definition) is 1. The van der Waals surface area contributed by atoms with Gasteiger partial charge in [-0.05, 0) is 35.9 Å². The number of anilines is 1. The Labute approximate surface area is 169 Å². The molecule has 28 heavy (non-hydrogen) atoms. The molecule has 0 atom stereocenters. The summed E-state index contributed by atoms with van der Waals surface area (Å²) in [5.41, 5.74) is 2.36. The van der Waals surface area contributed by atoms with Crippen LogP contribution in [0.25, 0.3) is 0 Å². The molecule has 0 aliphatic carbocycles. The molecule has 7 nitrogen and oxygen atoms in total. The lowest BCUT2D eigenvalue weighted by atomic mass is 10.0. The summed E-state index contributed by atoms with van der Waals surface area (Å²) in [5.74, 6) is -0.363. The molecule has 2 aromatic heterocycles. The lowest BCUT2D eigenvalue weighted by molar-refractivity contribution is -0.131. The Morgan fingerprint density at radius 1 is 1.25 bits per heavy atom. The zero-order chi connectivity index (χ0) is 20.0. The molecule has 0 unspecified atom stereocenters. The van der Waals surface area contributed by atoms with Gasteiger partial charge in [0, 0.05) is 18.5 Å². The van der Waals surface area contributed by atoms with Crippen molar-refractivity contribution < 1.29 is 19.2 Å². The summed E-state index contributed by atoms with van der Waals surface area (Å²) in [6.45, 7) is 2.52. The minimum atomic E-state index is -0.208. The number of nitrogens with zero attached hydrogens (tertiary/aromatic N) is 2. The molecule has 0 aromatic carbocycles. The van der Waals surface area contributed by atoms with Crippen molar-refractivity contribution in [3.63, 3.8) is 0 Å². The molecule has 0 radical (unpaired) electrons. The number of ketones is 1. The van der Waals surface area contributed by atoms with Gasteiger partial charge in [0.25, 0.3) is 5.91 Å². The number of thiophene rings is 2. The van der Waals surface area contributed by atoms with Crippen molar-refractivity contribution in [2.75, 3.05) is 25.5 Å². The number of rotatable bonds is 3. The van der Waals surface area contributed by atoms with Gasteiger partial charge in [-0.2, -0.15) is 0 Å². The molecular weight excluding hydrogens is 398 g/mol. The summed E-state index contributed by atoms with van der Waals surface area (Å²) < 4.78 is 0. The Kier molecular flexibility index (Phi) is 4.80. The third kappa shape index (κ3) is 3.35. The van der Waals surface area contributed by atoms with E-state index < -0.39 is 0 Å². The fraction of sp³-hybridized carbons (Fsp3) is 0.368. The SMILES string of the molecule is CC(=O)c1cc(CC(=O)N2CCc3c(sc4c3C(=O)N(C)CC(=O)N4)C2)cs1. The van der Waals surface area contributed by atoms with Crippen LogP contribution in [0.3, 0.4) is 0 Å². The highest BCUT2D eigenvalue weighted by Crippen LogP contribution is 2.38. The van der Waals surface area contributed by atoms with Crippen molar-refractivity contribution in [3.8, 4) is 0 Å². The van der Waals surface area contributed by atoms with E-state index in [0.717, 1.165) is 16.0 Å². The molecule has 146 valence electrons. The minimum Gasteiger partial charge on any atom is -0.337 e. The maximum absolute atomic E-state index is 12.7. The first-order valence-electron chi connectivity index (χ1n) is 8.89. The molecule has 2 aliphatic rings. The van der Waals surface area contributed by atoms with E-state index in [-0.39, 0.29) is 36.5 Å². The van der Waals surface area contributed by atoms with Gasteiger partial charge in [-0.15, -0.1) is 22.7 Å². The second-order valence-corrected chi connectivity index (χ2v) is 9.05. The van der Waals surface area contributed by atoms with E-state index in [1.54, 1.807) is 18.0 Å². The molecule has 9 heteroatoms. The molecule has 2 aliphatic heterocycles. The van der Waals surface area contributed by atoms with Crippen molar-refractivity contribution in [2.24, 2.45) is 0 Å². The third-order valence-electron chi connectivity index (χ3n) is 4.96. The molecular formula is C19H19N3O4S2. The number of Topliss-reactive ketones (excluding diaryl/α,β-unsaturated/α-hetero) is 1. The van der Waals surface area contributed by atoms with E-state index in [0.29, 0.717) is 35.0 Å². The molecule has 3 amide bonds. The third-order valence-corrected chi connectivity index (χ3v) is 7.17. The smallest absolute Gasteiger partial charge is 0.257 e. The second-order valence-electron chi connectivity index (χ2n) is 7.03. The van der Waals surface area contributed by atoms with Gasteiger partial charge in [0.05, 0.1) is 30.0 Å². The van der Waals surface area contributed by atoms with Crippen molar-refractivity contribution >= 4 is 51.2 Å². The van der Waals surface area contributed by atoms with Crippen LogP contribution >= 0.6 is 22.7 Å². The normalized spacial score (nSPS) is 16.4. The summed E-state index contributed by atoms with van der Waals surface area (Å²) in [6.07, 6.45) is 0.841. The minimum absolute atomic E-state index is 0.00285. The monoisotopic (exact) mass is 417 g/mol. The van der Waals surface area contributed by atoms with Gasteiger partial charge in [-0.25, -0.2) is 0 Å². The summed E-state index contributed by atoms with van der Waals surface area (Å²) in [4.78, 5) is 53.6. The molecule has 2 aromatic rings. The van der Waals surface area contributed by atoms with Crippen LogP contribution in [-0.2, 0) is 29.0 Å². The number of nitrogens with one attached hydrogen (secondary N) is 1. The largest absolute Gasteiger partial charge is 0.337 e.